The molecule has 0 atom stereocenters. The molecule has 0 amide bonds. The van der Waals surface area contributed by atoms with Crippen molar-refractivity contribution in [2.45, 2.75) is 0 Å². The molecular weight excluding hydrogens is 289 g/mol. The number of halogens is 1. The third-order valence-corrected chi connectivity index (χ3v) is 2.60. The summed E-state index contributed by atoms with van der Waals surface area (Å²) in [6.45, 7) is 0. The van der Waals surface area contributed by atoms with Crippen LogP contribution in [0.15, 0.2) is 36.5 Å². The Hall–Kier alpha value is -0.840. The van der Waals surface area contributed by atoms with Crippen LogP contribution in [0.4, 0.5) is 0 Å². The summed E-state index contributed by atoms with van der Waals surface area (Å²) in [6.07, 6.45) is 3.34. The molecule has 0 radical (unpaired) electrons. The highest BCUT2D eigenvalue weighted by atomic mass is 127. The minimum Gasteiger partial charge on any atom is -0.383 e. The van der Waals surface area contributed by atoms with Crippen LogP contribution in [0, 0.1) is 3.57 Å². The number of hydrogen-bond acceptors (Lipinski definition) is 2. The minimum absolute atomic E-state index is 0.0451. The van der Waals surface area contributed by atoms with Gasteiger partial charge in [-0.15, -0.1) is 0 Å². The fourth-order valence-electron chi connectivity index (χ4n) is 0.968. The number of nitrogens with zero attached hydrogens (tertiary/aromatic N) is 1. The van der Waals surface area contributed by atoms with E-state index in [0.29, 0.717) is 0 Å². The number of carbonyl (C=O) groups excluding carboxylic acids is 1. The topological polar surface area (TPSA) is 20.3 Å². The van der Waals surface area contributed by atoms with Gasteiger partial charge in [0.1, 0.15) is 0 Å². The van der Waals surface area contributed by atoms with Crippen LogP contribution in [0.2, 0.25) is 0 Å². The number of ketones is 1. The van der Waals surface area contributed by atoms with Gasteiger partial charge in [0.05, 0.1) is 0 Å². The van der Waals surface area contributed by atoms with Gasteiger partial charge in [-0.05, 0) is 34.7 Å². The minimum atomic E-state index is 0.0451. The van der Waals surface area contributed by atoms with E-state index in [2.05, 4.69) is 22.6 Å². The molecule has 0 spiro atoms. The number of hydrogen-bond donors (Lipinski definition) is 0. The lowest BCUT2D eigenvalue weighted by Crippen LogP contribution is -2.04. The highest BCUT2D eigenvalue weighted by Gasteiger charge is 2.04. The molecule has 0 unspecified atom stereocenters. The van der Waals surface area contributed by atoms with Crippen LogP contribution in [-0.4, -0.2) is 24.8 Å². The van der Waals surface area contributed by atoms with Crippen LogP contribution in [0.3, 0.4) is 0 Å². The number of carbonyl (C=O) groups is 1. The van der Waals surface area contributed by atoms with Crippen molar-refractivity contribution in [3.8, 4) is 0 Å². The van der Waals surface area contributed by atoms with Crippen molar-refractivity contribution in [2.75, 3.05) is 14.1 Å². The Morgan fingerprint density at radius 1 is 1.36 bits per heavy atom. The van der Waals surface area contributed by atoms with Gasteiger partial charge in [0.15, 0.2) is 5.78 Å². The number of allylic oxidation sites excluding steroid dienone is 1. The SMILES string of the molecule is CN(C)/C=C/C(=O)c1ccccc1I. The molecule has 1 rings (SSSR count). The first-order chi connectivity index (χ1) is 6.61. The summed E-state index contributed by atoms with van der Waals surface area (Å²) in [6, 6.07) is 7.56. The fourth-order valence-corrected chi connectivity index (χ4v) is 1.62. The zero-order valence-electron chi connectivity index (χ0n) is 8.20. The van der Waals surface area contributed by atoms with E-state index in [9.17, 15) is 4.79 Å². The van der Waals surface area contributed by atoms with Crippen molar-refractivity contribution < 1.29 is 4.79 Å². The lowest BCUT2D eigenvalue weighted by Gasteiger charge is -2.03. The Labute approximate surface area is 97.7 Å². The average molecular weight is 301 g/mol. The Kier molecular flexibility index (Phi) is 4.13. The van der Waals surface area contributed by atoms with Gasteiger partial charge in [-0.3, -0.25) is 4.79 Å². The van der Waals surface area contributed by atoms with Crippen LogP contribution in [0.5, 0.6) is 0 Å². The average Bonchev–Trinajstić information content (AvgIpc) is 2.15. The van der Waals surface area contributed by atoms with Crippen LogP contribution >= 0.6 is 22.6 Å². The second kappa shape index (κ2) is 5.14. The van der Waals surface area contributed by atoms with E-state index >= 15 is 0 Å². The molecule has 14 heavy (non-hydrogen) atoms. The molecule has 0 aliphatic carbocycles. The fraction of sp³-hybridized carbons (Fsp3) is 0.182. The first kappa shape index (κ1) is 11.2. The predicted octanol–water partition coefficient (Wildman–Crippen LogP) is 2.55. The van der Waals surface area contributed by atoms with Gasteiger partial charge >= 0.3 is 0 Å². The molecule has 1 aromatic carbocycles. The maximum absolute atomic E-state index is 11.7. The second-order valence-corrected chi connectivity index (χ2v) is 4.29. The van der Waals surface area contributed by atoms with Crippen molar-refractivity contribution in [3.05, 3.63) is 45.7 Å². The third-order valence-electron chi connectivity index (χ3n) is 1.66. The molecule has 2 nitrogen and oxygen atoms in total. The van der Waals surface area contributed by atoms with Gasteiger partial charge in [-0.25, -0.2) is 0 Å². The van der Waals surface area contributed by atoms with E-state index in [0.717, 1.165) is 9.13 Å². The molecule has 0 aromatic heterocycles. The molecule has 0 saturated carbocycles. The molecule has 0 saturated heterocycles. The van der Waals surface area contributed by atoms with E-state index in [4.69, 9.17) is 0 Å². The summed E-state index contributed by atoms with van der Waals surface area (Å²) < 4.78 is 0.985. The van der Waals surface area contributed by atoms with Gasteiger partial charge < -0.3 is 4.90 Å². The zero-order chi connectivity index (χ0) is 10.6. The Bertz CT molecular complexity index is 358. The molecule has 0 N–H and O–H groups in total. The Balaban J connectivity index is 2.85. The molecule has 1 aromatic rings. The lowest BCUT2D eigenvalue weighted by atomic mass is 10.1. The van der Waals surface area contributed by atoms with Gasteiger partial charge in [0.2, 0.25) is 0 Å². The van der Waals surface area contributed by atoms with Crippen molar-refractivity contribution >= 4 is 28.4 Å². The maximum atomic E-state index is 11.7. The third kappa shape index (κ3) is 3.14. The van der Waals surface area contributed by atoms with E-state index in [-0.39, 0.29) is 5.78 Å². The monoisotopic (exact) mass is 301 g/mol. The van der Waals surface area contributed by atoms with Crippen LogP contribution in [0.1, 0.15) is 10.4 Å². The highest BCUT2D eigenvalue weighted by molar-refractivity contribution is 14.1. The van der Waals surface area contributed by atoms with Crippen LogP contribution < -0.4 is 0 Å². The summed E-state index contributed by atoms with van der Waals surface area (Å²) in [5, 5.41) is 0. The van der Waals surface area contributed by atoms with E-state index < -0.39 is 0 Å². The molecular formula is C11H12INO. The van der Waals surface area contributed by atoms with Crippen molar-refractivity contribution in [1.82, 2.24) is 4.90 Å². The van der Waals surface area contributed by atoms with Gasteiger partial charge in [0.25, 0.3) is 0 Å². The van der Waals surface area contributed by atoms with E-state index in [1.807, 2.05) is 43.3 Å². The van der Waals surface area contributed by atoms with Gasteiger partial charge in [-0.2, -0.15) is 0 Å². The standard InChI is InChI=1S/C11H12INO/c1-13(2)8-7-11(14)9-5-3-4-6-10(9)12/h3-8H,1-2H3/b8-7+. The van der Waals surface area contributed by atoms with Gasteiger partial charge in [0, 0.05) is 35.5 Å². The highest BCUT2D eigenvalue weighted by Crippen LogP contribution is 2.12. The van der Waals surface area contributed by atoms with E-state index in [1.165, 1.54) is 0 Å². The Morgan fingerprint density at radius 2 is 2.00 bits per heavy atom. The van der Waals surface area contributed by atoms with Crippen molar-refractivity contribution in [1.29, 1.82) is 0 Å². The molecule has 0 bridgehead atoms. The lowest BCUT2D eigenvalue weighted by molar-refractivity contribution is 0.104. The molecule has 74 valence electrons. The molecule has 3 heteroatoms. The quantitative estimate of drug-likeness (QED) is 0.486. The summed E-state index contributed by atoms with van der Waals surface area (Å²) in [5.41, 5.74) is 0.756. The van der Waals surface area contributed by atoms with Crippen molar-refractivity contribution in [2.24, 2.45) is 0 Å². The largest absolute Gasteiger partial charge is 0.383 e. The number of rotatable bonds is 3. The maximum Gasteiger partial charge on any atom is 0.188 e. The first-order valence-electron chi connectivity index (χ1n) is 4.25. The normalized spacial score (nSPS) is 10.5. The zero-order valence-corrected chi connectivity index (χ0v) is 10.4. The molecule has 0 aliphatic rings. The summed E-state index contributed by atoms with van der Waals surface area (Å²) in [5.74, 6) is 0.0451. The van der Waals surface area contributed by atoms with Crippen LogP contribution in [0.25, 0.3) is 0 Å². The Morgan fingerprint density at radius 3 is 2.57 bits per heavy atom. The number of benzene rings is 1. The molecule has 0 heterocycles. The summed E-state index contributed by atoms with van der Waals surface area (Å²) in [7, 11) is 3.78. The smallest absolute Gasteiger partial charge is 0.188 e. The van der Waals surface area contributed by atoms with Crippen LogP contribution in [-0.2, 0) is 0 Å². The van der Waals surface area contributed by atoms with Crippen molar-refractivity contribution in [3.63, 3.8) is 0 Å². The molecule has 0 aliphatic heterocycles. The summed E-state index contributed by atoms with van der Waals surface area (Å²) >= 11 is 2.16. The van der Waals surface area contributed by atoms with E-state index in [1.54, 1.807) is 12.3 Å². The van der Waals surface area contributed by atoms with Gasteiger partial charge in [-0.1, -0.05) is 12.1 Å². The summed E-state index contributed by atoms with van der Waals surface area (Å²) in [4.78, 5) is 13.5. The first-order valence-corrected chi connectivity index (χ1v) is 5.32. The predicted molar refractivity (Wildman–Crippen MR) is 66.3 cm³/mol. The molecule has 0 fully saturated rings. The second-order valence-electron chi connectivity index (χ2n) is 3.12.